The first-order valence-electron chi connectivity index (χ1n) is 3.57. The quantitative estimate of drug-likeness (QED) is 0.540. The van der Waals surface area contributed by atoms with Gasteiger partial charge in [0, 0.05) is 13.2 Å². The second-order valence-electron chi connectivity index (χ2n) is 2.55. The van der Waals surface area contributed by atoms with Crippen molar-refractivity contribution in [1.82, 2.24) is 0 Å². The summed E-state index contributed by atoms with van der Waals surface area (Å²) in [5.41, 5.74) is -0.484. The van der Waals surface area contributed by atoms with Crippen molar-refractivity contribution >= 4 is 6.98 Å². The van der Waals surface area contributed by atoms with Crippen LogP contribution in [0.15, 0.2) is 11.5 Å². The Morgan fingerprint density at radius 1 is 1.36 bits per heavy atom. The van der Waals surface area contributed by atoms with E-state index in [4.69, 9.17) is 4.74 Å². The van der Waals surface area contributed by atoms with Gasteiger partial charge in [-0.15, -0.1) is 11.5 Å². The van der Waals surface area contributed by atoms with Gasteiger partial charge < -0.3 is 17.7 Å². The molecule has 0 unspecified atom stereocenters. The molecule has 1 rings (SSSR count). The molecular weight excluding hydrogens is 156 g/mol. The third-order valence-electron chi connectivity index (χ3n) is 1.59. The van der Waals surface area contributed by atoms with Crippen molar-refractivity contribution in [2.45, 2.75) is 12.8 Å². The SMILES string of the molecule is F[B-](F)(F)C1=CCCCOC1. The first-order chi connectivity index (χ1) is 5.11. The van der Waals surface area contributed by atoms with Crippen LogP contribution in [0.3, 0.4) is 0 Å². The summed E-state index contributed by atoms with van der Waals surface area (Å²) in [6, 6.07) is 0. The predicted molar refractivity (Wildman–Crippen MR) is 37.2 cm³/mol. The lowest BCUT2D eigenvalue weighted by Crippen LogP contribution is -2.22. The maximum atomic E-state index is 12.0. The lowest BCUT2D eigenvalue weighted by Gasteiger charge is -2.17. The van der Waals surface area contributed by atoms with Crippen LogP contribution in [0, 0.1) is 0 Å². The first kappa shape index (κ1) is 8.65. The highest BCUT2D eigenvalue weighted by Crippen LogP contribution is 2.22. The fourth-order valence-corrected chi connectivity index (χ4v) is 0.950. The Balaban J connectivity index is 2.61. The number of hydrogen-bond acceptors (Lipinski definition) is 1. The molecule has 0 radical (unpaired) electrons. The van der Waals surface area contributed by atoms with E-state index < -0.39 is 12.4 Å². The van der Waals surface area contributed by atoms with Gasteiger partial charge in [-0.3, -0.25) is 0 Å². The molecule has 64 valence electrons. The molecule has 0 aromatic carbocycles. The van der Waals surface area contributed by atoms with Crippen LogP contribution in [-0.4, -0.2) is 20.2 Å². The zero-order chi connectivity index (χ0) is 8.32. The molecule has 0 saturated heterocycles. The van der Waals surface area contributed by atoms with E-state index in [0.717, 1.165) is 0 Å². The highest BCUT2D eigenvalue weighted by atomic mass is 19.4. The van der Waals surface area contributed by atoms with Gasteiger partial charge in [0.05, 0.1) is 0 Å². The van der Waals surface area contributed by atoms with E-state index in [-0.39, 0.29) is 6.61 Å². The van der Waals surface area contributed by atoms with Gasteiger partial charge in [-0.25, -0.2) is 0 Å². The van der Waals surface area contributed by atoms with Crippen LogP contribution >= 0.6 is 0 Å². The minimum Gasteiger partial charge on any atom is -0.445 e. The molecule has 1 heterocycles. The molecule has 5 heteroatoms. The summed E-state index contributed by atoms with van der Waals surface area (Å²) < 4.78 is 40.9. The van der Waals surface area contributed by atoms with Crippen LogP contribution in [0.25, 0.3) is 0 Å². The Kier molecular flexibility index (Phi) is 2.60. The van der Waals surface area contributed by atoms with Gasteiger partial charge in [0.2, 0.25) is 0 Å². The van der Waals surface area contributed by atoms with Gasteiger partial charge in [-0.1, -0.05) is 0 Å². The van der Waals surface area contributed by atoms with Crippen LogP contribution in [0.1, 0.15) is 12.8 Å². The van der Waals surface area contributed by atoms with Gasteiger partial charge >= 0.3 is 6.98 Å². The highest BCUT2D eigenvalue weighted by molar-refractivity contribution is 6.66. The van der Waals surface area contributed by atoms with E-state index >= 15 is 0 Å². The Labute approximate surface area is 63.3 Å². The van der Waals surface area contributed by atoms with Crippen molar-refractivity contribution in [2.24, 2.45) is 0 Å². The monoisotopic (exact) mass is 165 g/mol. The molecule has 1 nitrogen and oxygen atoms in total. The number of halogens is 3. The molecule has 0 amide bonds. The molecule has 0 aliphatic carbocycles. The van der Waals surface area contributed by atoms with Crippen molar-refractivity contribution in [3.05, 3.63) is 11.5 Å². The summed E-state index contributed by atoms with van der Waals surface area (Å²) in [4.78, 5) is 0. The average molecular weight is 165 g/mol. The number of hydrogen-bond donors (Lipinski definition) is 0. The Bertz CT molecular complexity index is 164. The normalized spacial score (nSPS) is 20.8. The lowest BCUT2D eigenvalue weighted by molar-refractivity contribution is 0.160. The molecule has 0 spiro atoms. The summed E-state index contributed by atoms with van der Waals surface area (Å²) in [5, 5.41) is 0. The average Bonchev–Trinajstić information content (AvgIpc) is 2.10. The fraction of sp³-hybridized carbons (Fsp3) is 0.667. The van der Waals surface area contributed by atoms with Crippen LogP contribution in [0.2, 0.25) is 0 Å². The Morgan fingerprint density at radius 2 is 2.09 bits per heavy atom. The molecule has 11 heavy (non-hydrogen) atoms. The molecule has 0 aromatic rings. The molecule has 0 N–H and O–H groups in total. The smallest absolute Gasteiger partial charge is 0.445 e. The largest absolute Gasteiger partial charge is 0.507 e. The maximum Gasteiger partial charge on any atom is 0.507 e. The Morgan fingerprint density at radius 3 is 2.73 bits per heavy atom. The van der Waals surface area contributed by atoms with Crippen molar-refractivity contribution in [3.8, 4) is 0 Å². The van der Waals surface area contributed by atoms with Gasteiger partial charge in [-0.2, -0.15) is 0 Å². The molecule has 0 fully saturated rings. The minimum absolute atomic E-state index is 0.260. The standard InChI is InChI=1S/C6H9BF3O/c8-7(9,10)6-3-1-2-4-11-5-6/h3H,1-2,4-5H2/q-1. The van der Waals surface area contributed by atoms with E-state index in [2.05, 4.69) is 0 Å². The van der Waals surface area contributed by atoms with Crippen molar-refractivity contribution in [1.29, 1.82) is 0 Å². The van der Waals surface area contributed by atoms with Crippen LogP contribution in [0.4, 0.5) is 12.9 Å². The van der Waals surface area contributed by atoms with Crippen molar-refractivity contribution in [3.63, 3.8) is 0 Å². The van der Waals surface area contributed by atoms with Crippen LogP contribution in [0.5, 0.6) is 0 Å². The summed E-state index contributed by atoms with van der Waals surface area (Å²) >= 11 is 0. The van der Waals surface area contributed by atoms with Crippen molar-refractivity contribution < 1.29 is 17.7 Å². The van der Waals surface area contributed by atoms with Gasteiger partial charge in [-0.05, 0) is 12.8 Å². The first-order valence-corrected chi connectivity index (χ1v) is 3.57. The summed E-state index contributed by atoms with van der Waals surface area (Å²) in [6.07, 6.45) is 2.42. The fourth-order valence-electron chi connectivity index (χ4n) is 0.950. The van der Waals surface area contributed by atoms with E-state index in [1.165, 1.54) is 6.08 Å². The topological polar surface area (TPSA) is 9.23 Å². The molecule has 0 bridgehead atoms. The van der Waals surface area contributed by atoms with Gasteiger partial charge in [0.15, 0.2) is 0 Å². The van der Waals surface area contributed by atoms with Crippen LogP contribution < -0.4 is 0 Å². The van der Waals surface area contributed by atoms with Crippen molar-refractivity contribution in [2.75, 3.05) is 13.2 Å². The van der Waals surface area contributed by atoms with Crippen LogP contribution in [-0.2, 0) is 4.74 Å². The predicted octanol–water partition coefficient (Wildman–Crippen LogP) is 2.11. The molecule has 0 atom stereocenters. The van der Waals surface area contributed by atoms with E-state index in [0.29, 0.717) is 19.4 Å². The van der Waals surface area contributed by atoms with Gasteiger partial charge in [0.25, 0.3) is 0 Å². The number of rotatable bonds is 1. The molecule has 1 aliphatic heterocycles. The third-order valence-corrected chi connectivity index (χ3v) is 1.59. The second-order valence-corrected chi connectivity index (χ2v) is 2.55. The van der Waals surface area contributed by atoms with E-state index in [1.807, 2.05) is 0 Å². The summed E-state index contributed by atoms with van der Waals surface area (Å²) in [6.45, 7) is -4.63. The zero-order valence-corrected chi connectivity index (χ0v) is 6.03. The van der Waals surface area contributed by atoms with E-state index in [9.17, 15) is 12.9 Å². The minimum atomic E-state index is -4.81. The summed E-state index contributed by atoms with van der Waals surface area (Å²) in [5.74, 6) is 0. The maximum absolute atomic E-state index is 12.0. The molecule has 0 aromatic heterocycles. The number of ether oxygens (including phenoxy) is 1. The molecule has 0 saturated carbocycles. The third kappa shape index (κ3) is 2.57. The second kappa shape index (κ2) is 3.30. The van der Waals surface area contributed by atoms with Gasteiger partial charge in [0.1, 0.15) is 0 Å². The lowest BCUT2D eigenvalue weighted by atomic mass is 9.79. The molecular formula is C6H9BF3O-. The molecule has 1 aliphatic rings. The van der Waals surface area contributed by atoms with E-state index in [1.54, 1.807) is 0 Å². The highest BCUT2D eigenvalue weighted by Gasteiger charge is 2.28. The number of allylic oxidation sites excluding steroid dienone is 1. The Hall–Kier alpha value is -0.445. The zero-order valence-electron chi connectivity index (χ0n) is 6.03. The summed E-state index contributed by atoms with van der Waals surface area (Å²) in [7, 11) is 0.